The highest BCUT2D eigenvalue weighted by Crippen LogP contribution is 2.25. The van der Waals surface area contributed by atoms with Crippen molar-refractivity contribution < 1.29 is 9.53 Å². The maximum Gasteiger partial charge on any atom is 0.310 e. The smallest absolute Gasteiger partial charge is 0.310 e. The van der Waals surface area contributed by atoms with E-state index in [9.17, 15) is 4.79 Å². The van der Waals surface area contributed by atoms with Crippen molar-refractivity contribution >= 4 is 17.6 Å². The van der Waals surface area contributed by atoms with Gasteiger partial charge in [0.05, 0.1) is 13.0 Å². The van der Waals surface area contributed by atoms with Crippen LogP contribution < -0.4 is 5.32 Å². The fourth-order valence-electron chi connectivity index (χ4n) is 2.51. The third kappa shape index (κ3) is 3.24. The Kier molecular flexibility index (Phi) is 4.61. The molecule has 0 saturated carbocycles. The van der Waals surface area contributed by atoms with E-state index in [1.54, 1.807) is 0 Å². The molecular weight excluding hydrogens is 250 g/mol. The number of hydrogen-bond donors (Lipinski definition) is 1. The Bertz CT molecular complexity index is 405. The molecule has 1 aliphatic heterocycles. The van der Waals surface area contributed by atoms with Crippen molar-refractivity contribution in [3.63, 3.8) is 0 Å². The quantitative estimate of drug-likeness (QED) is 0.854. The SMILES string of the molecule is COC(=O)[C@H]1CNCC[C@H]1Cc1ccc(Cl)cc1. The van der Waals surface area contributed by atoms with E-state index in [1.807, 2.05) is 24.3 Å². The number of hydrogen-bond acceptors (Lipinski definition) is 3. The minimum absolute atomic E-state index is 0.0422. The first kappa shape index (κ1) is 13.4. The van der Waals surface area contributed by atoms with Gasteiger partial charge >= 0.3 is 5.97 Å². The topological polar surface area (TPSA) is 38.3 Å². The maximum absolute atomic E-state index is 11.7. The van der Waals surface area contributed by atoms with Gasteiger partial charge in [-0.25, -0.2) is 0 Å². The molecule has 2 atom stereocenters. The molecule has 1 aromatic carbocycles. The lowest BCUT2D eigenvalue weighted by atomic mass is 9.82. The predicted molar refractivity (Wildman–Crippen MR) is 71.6 cm³/mol. The van der Waals surface area contributed by atoms with Crippen molar-refractivity contribution in [3.05, 3.63) is 34.9 Å². The van der Waals surface area contributed by atoms with Crippen molar-refractivity contribution in [1.82, 2.24) is 5.32 Å². The predicted octanol–water partition coefficient (Wildman–Crippen LogP) is 2.28. The van der Waals surface area contributed by atoms with Gasteiger partial charge in [0.25, 0.3) is 0 Å². The minimum Gasteiger partial charge on any atom is -0.469 e. The molecule has 1 aliphatic rings. The molecule has 0 radical (unpaired) electrons. The van der Waals surface area contributed by atoms with Crippen LogP contribution in [0.2, 0.25) is 5.02 Å². The van der Waals surface area contributed by atoms with E-state index in [2.05, 4.69) is 5.32 Å². The molecule has 0 aliphatic carbocycles. The van der Waals surface area contributed by atoms with E-state index >= 15 is 0 Å². The van der Waals surface area contributed by atoms with Crippen molar-refractivity contribution in [2.24, 2.45) is 11.8 Å². The second-order valence-corrected chi connectivity index (χ2v) is 5.15. The highest BCUT2D eigenvalue weighted by Gasteiger charge is 2.31. The average Bonchev–Trinajstić information content (AvgIpc) is 2.41. The van der Waals surface area contributed by atoms with E-state index in [0.717, 1.165) is 24.4 Å². The highest BCUT2D eigenvalue weighted by molar-refractivity contribution is 6.30. The van der Waals surface area contributed by atoms with Crippen molar-refractivity contribution in [1.29, 1.82) is 0 Å². The van der Waals surface area contributed by atoms with Gasteiger partial charge in [0.15, 0.2) is 0 Å². The zero-order valence-electron chi connectivity index (χ0n) is 10.5. The fourth-order valence-corrected chi connectivity index (χ4v) is 2.63. The van der Waals surface area contributed by atoms with Crippen LogP contribution in [0.4, 0.5) is 0 Å². The number of halogens is 1. The largest absolute Gasteiger partial charge is 0.469 e. The standard InChI is InChI=1S/C14H18ClNO2/c1-18-14(17)13-9-16-7-6-11(13)8-10-2-4-12(15)5-3-10/h2-5,11,13,16H,6-9H2,1H3/t11-,13-/m0/s1. The Balaban J connectivity index is 2.05. The van der Waals surface area contributed by atoms with Gasteiger partial charge in [-0.3, -0.25) is 4.79 Å². The summed E-state index contributed by atoms with van der Waals surface area (Å²) in [5, 5.41) is 4.00. The van der Waals surface area contributed by atoms with Crippen LogP contribution in [0.15, 0.2) is 24.3 Å². The van der Waals surface area contributed by atoms with Crippen LogP contribution in [0.5, 0.6) is 0 Å². The molecule has 0 spiro atoms. The molecular formula is C14H18ClNO2. The summed E-state index contributed by atoms with van der Waals surface area (Å²) in [4.78, 5) is 11.7. The van der Waals surface area contributed by atoms with Crippen LogP contribution in [-0.2, 0) is 16.0 Å². The van der Waals surface area contributed by atoms with Gasteiger partial charge in [0.2, 0.25) is 0 Å². The van der Waals surface area contributed by atoms with Gasteiger partial charge < -0.3 is 10.1 Å². The molecule has 1 fully saturated rings. The Labute approximate surface area is 112 Å². The lowest BCUT2D eigenvalue weighted by Gasteiger charge is -2.30. The summed E-state index contributed by atoms with van der Waals surface area (Å²) in [6.07, 6.45) is 1.90. The van der Waals surface area contributed by atoms with Crippen molar-refractivity contribution in [2.75, 3.05) is 20.2 Å². The fraction of sp³-hybridized carbons (Fsp3) is 0.500. The Morgan fingerprint density at radius 1 is 1.44 bits per heavy atom. The summed E-state index contributed by atoms with van der Waals surface area (Å²) in [5.41, 5.74) is 1.22. The van der Waals surface area contributed by atoms with Gasteiger partial charge in [-0.05, 0) is 43.0 Å². The monoisotopic (exact) mass is 267 g/mol. The van der Waals surface area contributed by atoms with Crippen LogP contribution in [0.25, 0.3) is 0 Å². The average molecular weight is 268 g/mol. The maximum atomic E-state index is 11.7. The highest BCUT2D eigenvalue weighted by atomic mass is 35.5. The molecule has 1 N–H and O–H groups in total. The van der Waals surface area contributed by atoms with E-state index in [4.69, 9.17) is 16.3 Å². The van der Waals surface area contributed by atoms with Crippen LogP contribution in [0.1, 0.15) is 12.0 Å². The molecule has 18 heavy (non-hydrogen) atoms. The van der Waals surface area contributed by atoms with E-state index in [0.29, 0.717) is 12.5 Å². The number of rotatable bonds is 3. The van der Waals surface area contributed by atoms with Crippen LogP contribution in [0.3, 0.4) is 0 Å². The second kappa shape index (κ2) is 6.21. The molecule has 98 valence electrons. The molecule has 0 amide bonds. The molecule has 3 nitrogen and oxygen atoms in total. The van der Waals surface area contributed by atoms with Crippen LogP contribution >= 0.6 is 11.6 Å². The summed E-state index contributed by atoms with van der Waals surface area (Å²) in [6, 6.07) is 7.84. The molecule has 1 aromatic rings. The summed E-state index contributed by atoms with van der Waals surface area (Å²) in [7, 11) is 1.45. The Morgan fingerprint density at radius 2 is 2.17 bits per heavy atom. The van der Waals surface area contributed by atoms with E-state index < -0.39 is 0 Å². The van der Waals surface area contributed by atoms with Crippen molar-refractivity contribution in [2.45, 2.75) is 12.8 Å². The van der Waals surface area contributed by atoms with Crippen LogP contribution in [0, 0.1) is 11.8 Å². The first-order valence-electron chi connectivity index (χ1n) is 6.23. The number of methoxy groups -OCH3 is 1. The zero-order chi connectivity index (χ0) is 13.0. The first-order chi connectivity index (χ1) is 8.70. The number of carbonyl (C=O) groups is 1. The molecule has 1 saturated heterocycles. The van der Waals surface area contributed by atoms with E-state index in [-0.39, 0.29) is 11.9 Å². The van der Waals surface area contributed by atoms with Gasteiger partial charge in [0.1, 0.15) is 0 Å². The number of ether oxygens (including phenoxy) is 1. The number of esters is 1. The Hall–Kier alpha value is -1.06. The summed E-state index contributed by atoms with van der Waals surface area (Å²) in [6.45, 7) is 1.68. The normalized spacial score (nSPS) is 23.7. The second-order valence-electron chi connectivity index (χ2n) is 4.71. The Morgan fingerprint density at radius 3 is 2.83 bits per heavy atom. The van der Waals surface area contributed by atoms with Crippen molar-refractivity contribution in [3.8, 4) is 0 Å². The summed E-state index contributed by atoms with van der Waals surface area (Å²) >= 11 is 5.87. The number of piperidine rings is 1. The summed E-state index contributed by atoms with van der Waals surface area (Å²) < 4.78 is 4.88. The minimum atomic E-state index is -0.110. The summed E-state index contributed by atoms with van der Waals surface area (Å²) in [5.74, 6) is 0.195. The number of benzene rings is 1. The van der Waals surface area contributed by atoms with Gasteiger partial charge in [-0.1, -0.05) is 23.7 Å². The zero-order valence-corrected chi connectivity index (χ0v) is 11.2. The molecule has 0 bridgehead atoms. The third-order valence-corrected chi connectivity index (χ3v) is 3.79. The number of carbonyl (C=O) groups excluding carboxylic acids is 1. The number of nitrogens with one attached hydrogen (secondary N) is 1. The lowest BCUT2D eigenvalue weighted by Crippen LogP contribution is -2.42. The molecule has 0 aromatic heterocycles. The van der Waals surface area contributed by atoms with Crippen LogP contribution in [-0.4, -0.2) is 26.2 Å². The molecule has 1 heterocycles. The third-order valence-electron chi connectivity index (χ3n) is 3.54. The van der Waals surface area contributed by atoms with E-state index in [1.165, 1.54) is 12.7 Å². The molecule has 4 heteroatoms. The van der Waals surface area contributed by atoms with Gasteiger partial charge in [-0.15, -0.1) is 0 Å². The lowest BCUT2D eigenvalue weighted by molar-refractivity contribution is -0.148. The first-order valence-corrected chi connectivity index (χ1v) is 6.61. The molecule has 2 rings (SSSR count). The van der Waals surface area contributed by atoms with Gasteiger partial charge in [-0.2, -0.15) is 0 Å². The molecule has 0 unspecified atom stereocenters. The van der Waals surface area contributed by atoms with Gasteiger partial charge in [0, 0.05) is 11.6 Å².